The Bertz CT molecular complexity index is 2390. The minimum atomic E-state index is 0.746. The molecule has 0 fully saturated rings. The third-order valence-electron chi connectivity index (χ3n) is 10.6. The maximum atomic E-state index is 6.64. The topological polar surface area (TPSA) is 70.0 Å². The fraction of sp³-hybridized carbons (Fsp3) is 0.0385. The lowest BCUT2D eigenvalue weighted by Crippen LogP contribution is -2.03. The van der Waals surface area contributed by atoms with Gasteiger partial charge in [-0.25, -0.2) is 0 Å². The zero-order valence-corrected chi connectivity index (χ0v) is 32.1. The summed E-state index contributed by atoms with van der Waals surface area (Å²) in [5.74, 6) is 1.49. The predicted molar refractivity (Wildman–Crippen MR) is 234 cm³/mol. The molecular weight excluding hydrogens is 713 g/mol. The molecule has 4 heterocycles. The highest BCUT2D eigenvalue weighted by Gasteiger charge is 2.29. The van der Waals surface area contributed by atoms with Crippen molar-refractivity contribution < 1.29 is 9.47 Å². The van der Waals surface area contributed by atoms with Crippen LogP contribution in [0.15, 0.2) is 195 Å². The molecule has 0 amide bonds. The third-order valence-corrected chi connectivity index (χ3v) is 10.6. The lowest BCUT2D eigenvalue weighted by atomic mass is 9.82. The van der Waals surface area contributed by atoms with Gasteiger partial charge in [0.2, 0.25) is 0 Å². The van der Waals surface area contributed by atoms with Crippen molar-refractivity contribution in [3.63, 3.8) is 0 Å². The number of nitrogens with zero attached hydrogens (tertiary/aromatic N) is 4. The van der Waals surface area contributed by atoms with Gasteiger partial charge in [0.15, 0.2) is 0 Å². The molecule has 9 aromatic rings. The summed E-state index contributed by atoms with van der Waals surface area (Å²) in [7, 11) is 3.52. The van der Waals surface area contributed by atoms with E-state index < -0.39 is 0 Å². The van der Waals surface area contributed by atoms with Crippen molar-refractivity contribution in [1.82, 2.24) is 19.9 Å². The molecule has 0 atom stereocenters. The number of methoxy groups -OCH3 is 2. The van der Waals surface area contributed by atoms with Crippen LogP contribution in [0.25, 0.3) is 89.0 Å². The van der Waals surface area contributed by atoms with Crippen LogP contribution in [-0.4, -0.2) is 34.2 Å². The summed E-state index contributed by atoms with van der Waals surface area (Å²) in [5.41, 5.74) is 16.5. The van der Waals surface area contributed by atoms with Gasteiger partial charge in [0.25, 0.3) is 0 Å². The summed E-state index contributed by atoms with van der Waals surface area (Å²) in [6, 6.07) is 50.8. The molecule has 0 saturated carbocycles. The lowest BCUT2D eigenvalue weighted by molar-refractivity contribution is 0.408. The average molecular weight is 751 g/mol. The standard InChI is InChI=1S/C52H38N4O2/c1-57-51-47(43-11-3-35(4-12-43)39-19-27-53-28-20-39)49(45-15-7-37(8-16-45)41-23-31-55-32-24-41)52(58-2)50(46-17-9-38(10-18-46)42-25-33-56-34-26-42)48(51)44-13-5-36(6-14-44)40-21-29-54-30-22-40/h3-34H,1-2H3. The Balaban J connectivity index is 1.32. The van der Waals surface area contributed by atoms with E-state index in [1.807, 2.05) is 98.1 Å². The van der Waals surface area contributed by atoms with Crippen molar-refractivity contribution in [1.29, 1.82) is 0 Å². The second kappa shape index (κ2) is 16.2. The molecule has 0 N–H and O–H groups in total. The minimum Gasteiger partial charge on any atom is -0.495 e. The molecule has 0 bridgehead atoms. The SMILES string of the molecule is COc1c(-c2ccc(-c3ccncc3)cc2)c(-c2ccc(-c3ccncc3)cc2)c(OC)c(-c2ccc(-c3ccncc3)cc2)c1-c1ccc(-c2ccncc2)cc1. The number of hydrogen-bond acceptors (Lipinski definition) is 6. The van der Waals surface area contributed by atoms with Gasteiger partial charge in [-0.2, -0.15) is 0 Å². The van der Waals surface area contributed by atoms with Crippen molar-refractivity contribution in [3.8, 4) is 101 Å². The molecule has 0 spiro atoms. The molecule has 6 nitrogen and oxygen atoms in total. The highest BCUT2D eigenvalue weighted by molar-refractivity contribution is 6.06. The van der Waals surface area contributed by atoms with Gasteiger partial charge in [0.05, 0.1) is 14.2 Å². The molecule has 58 heavy (non-hydrogen) atoms. The molecule has 0 aliphatic carbocycles. The molecule has 0 aliphatic rings. The highest BCUT2D eigenvalue weighted by Crippen LogP contribution is 2.56. The summed E-state index contributed by atoms with van der Waals surface area (Å²) < 4.78 is 13.3. The van der Waals surface area contributed by atoms with Gasteiger partial charge in [-0.05, 0) is 115 Å². The first kappa shape index (κ1) is 36.0. The highest BCUT2D eigenvalue weighted by atomic mass is 16.5. The Kier molecular flexibility index (Phi) is 10.0. The molecule has 0 radical (unpaired) electrons. The van der Waals surface area contributed by atoms with Crippen LogP contribution in [0.3, 0.4) is 0 Å². The second-order valence-corrected chi connectivity index (χ2v) is 13.8. The van der Waals surface area contributed by atoms with E-state index in [-0.39, 0.29) is 0 Å². The van der Waals surface area contributed by atoms with Crippen LogP contribution in [0, 0.1) is 0 Å². The summed E-state index contributed by atoms with van der Waals surface area (Å²) in [5, 5.41) is 0. The molecule has 0 aliphatic heterocycles. The van der Waals surface area contributed by atoms with Crippen molar-refractivity contribution in [3.05, 3.63) is 195 Å². The van der Waals surface area contributed by atoms with Crippen LogP contribution in [0.5, 0.6) is 11.5 Å². The number of ether oxygens (including phenoxy) is 2. The van der Waals surface area contributed by atoms with E-state index in [9.17, 15) is 0 Å². The second-order valence-electron chi connectivity index (χ2n) is 13.8. The van der Waals surface area contributed by atoms with E-state index in [2.05, 4.69) is 117 Å². The normalized spacial score (nSPS) is 10.9. The van der Waals surface area contributed by atoms with Gasteiger partial charge in [-0.1, -0.05) is 97.1 Å². The van der Waals surface area contributed by atoms with Crippen LogP contribution in [0.1, 0.15) is 0 Å². The fourth-order valence-corrected chi connectivity index (χ4v) is 7.71. The maximum Gasteiger partial charge on any atom is 0.136 e. The van der Waals surface area contributed by atoms with E-state index in [1.165, 1.54) is 0 Å². The quantitative estimate of drug-likeness (QED) is 0.139. The molecule has 4 aromatic heterocycles. The molecular formula is C52H38N4O2. The van der Waals surface area contributed by atoms with E-state index in [1.54, 1.807) is 14.2 Å². The summed E-state index contributed by atoms with van der Waals surface area (Å²) in [6.07, 6.45) is 14.6. The first-order valence-electron chi connectivity index (χ1n) is 19.1. The summed E-state index contributed by atoms with van der Waals surface area (Å²) in [6.45, 7) is 0. The maximum absolute atomic E-state index is 6.64. The van der Waals surface area contributed by atoms with Crippen LogP contribution in [0.2, 0.25) is 0 Å². The van der Waals surface area contributed by atoms with E-state index in [4.69, 9.17) is 9.47 Å². The Morgan fingerprint density at radius 1 is 0.224 bits per heavy atom. The molecule has 5 aromatic carbocycles. The number of pyridine rings is 4. The van der Waals surface area contributed by atoms with Gasteiger partial charge in [0, 0.05) is 71.8 Å². The van der Waals surface area contributed by atoms with Crippen LogP contribution < -0.4 is 9.47 Å². The Labute approximate surface area is 338 Å². The number of benzene rings is 5. The fourth-order valence-electron chi connectivity index (χ4n) is 7.71. The van der Waals surface area contributed by atoms with Crippen LogP contribution >= 0.6 is 0 Å². The van der Waals surface area contributed by atoms with Crippen LogP contribution in [0.4, 0.5) is 0 Å². The zero-order chi connectivity index (χ0) is 39.3. The van der Waals surface area contributed by atoms with Gasteiger partial charge in [0.1, 0.15) is 11.5 Å². The summed E-state index contributed by atoms with van der Waals surface area (Å²) >= 11 is 0. The van der Waals surface area contributed by atoms with Gasteiger partial charge in [-0.15, -0.1) is 0 Å². The number of rotatable bonds is 10. The van der Waals surface area contributed by atoms with Crippen molar-refractivity contribution in [2.45, 2.75) is 0 Å². The third kappa shape index (κ3) is 6.99. The van der Waals surface area contributed by atoms with E-state index in [0.29, 0.717) is 0 Å². The number of aromatic nitrogens is 4. The van der Waals surface area contributed by atoms with Gasteiger partial charge in [-0.3, -0.25) is 19.9 Å². The Hall–Kier alpha value is -7.70. The molecule has 9 rings (SSSR count). The molecule has 0 unspecified atom stereocenters. The van der Waals surface area contributed by atoms with Crippen LogP contribution in [-0.2, 0) is 0 Å². The summed E-state index contributed by atoms with van der Waals surface area (Å²) in [4.78, 5) is 16.9. The van der Waals surface area contributed by atoms with Crippen molar-refractivity contribution in [2.24, 2.45) is 0 Å². The first-order chi connectivity index (χ1) is 28.7. The zero-order valence-electron chi connectivity index (χ0n) is 32.1. The lowest BCUT2D eigenvalue weighted by Gasteiger charge is -2.26. The van der Waals surface area contributed by atoms with Crippen molar-refractivity contribution >= 4 is 0 Å². The van der Waals surface area contributed by atoms with Crippen molar-refractivity contribution in [2.75, 3.05) is 14.2 Å². The minimum absolute atomic E-state index is 0.746. The molecule has 0 saturated heterocycles. The molecule has 278 valence electrons. The smallest absolute Gasteiger partial charge is 0.136 e. The van der Waals surface area contributed by atoms with E-state index in [0.717, 1.165) is 101 Å². The van der Waals surface area contributed by atoms with Gasteiger partial charge >= 0.3 is 0 Å². The molecule has 6 heteroatoms. The van der Waals surface area contributed by atoms with Gasteiger partial charge < -0.3 is 9.47 Å². The Morgan fingerprint density at radius 3 is 0.552 bits per heavy atom. The Morgan fingerprint density at radius 2 is 0.379 bits per heavy atom. The first-order valence-corrected chi connectivity index (χ1v) is 19.1. The predicted octanol–water partition coefficient (Wildman–Crippen LogP) is 12.6. The monoisotopic (exact) mass is 750 g/mol. The number of hydrogen-bond donors (Lipinski definition) is 0. The average Bonchev–Trinajstić information content (AvgIpc) is 3.32. The largest absolute Gasteiger partial charge is 0.495 e. The van der Waals surface area contributed by atoms with E-state index >= 15 is 0 Å².